The van der Waals surface area contributed by atoms with Crippen LogP contribution in [0, 0.1) is 0 Å². The molecule has 32 heavy (non-hydrogen) atoms. The molecular formula is C20H23N5O5S2. The molecule has 0 radical (unpaired) electrons. The van der Waals surface area contributed by atoms with Crippen LogP contribution >= 0.6 is 11.8 Å². The lowest BCUT2D eigenvalue weighted by Crippen LogP contribution is -2.40. The Bertz CT molecular complexity index is 1190. The molecule has 0 unspecified atom stereocenters. The van der Waals surface area contributed by atoms with Crippen molar-refractivity contribution >= 4 is 27.7 Å². The Hall–Kier alpha value is -2.67. The monoisotopic (exact) mass is 477 g/mol. The number of amides is 1. The van der Waals surface area contributed by atoms with E-state index in [1.807, 2.05) is 6.07 Å². The van der Waals surface area contributed by atoms with Crippen molar-refractivity contribution in [2.24, 2.45) is 5.73 Å². The van der Waals surface area contributed by atoms with Crippen molar-refractivity contribution in [2.45, 2.75) is 28.8 Å². The van der Waals surface area contributed by atoms with Crippen molar-refractivity contribution in [1.29, 1.82) is 0 Å². The standard InChI is InChI=1S/C20H23N5O5S2/c1-14(18(21)26)31-20-23-22-19(25(20)13-16-5-3-9-30-16)15-4-2-6-17(12-15)32(27,28)24-7-10-29-11-8-24/h2-6,9,12,14H,7-8,10-11,13H2,1H3,(H2,21,26)/t14-/m0/s1. The molecule has 0 saturated carbocycles. The second-order valence-electron chi connectivity index (χ2n) is 7.18. The van der Waals surface area contributed by atoms with Crippen LogP contribution in [0.5, 0.6) is 0 Å². The number of ether oxygens (including phenoxy) is 1. The first kappa shape index (κ1) is 22.5. The summed E-state index contributed by atoms with van der Waals surface area (Å²) in [5.41, 5.74) is 5.99. The van der Waals surface area contributed by atoms with Gasteiger partial charge in [-0.15, -0.1) is 10.2 Å². The predicted molar refractivity (Wildman–Crippen MR) is 117 cm³/mol. The van der Waals surface area contributed by atoms with E-state index in [1.54, 1.807) is 48.1 Å². The second-order valence-corrected chi connectivity index (χ2v) is 10.4. The van der Waals surface area contributed by atoms with E-state index in [0.29, 0.717) is 55.2 Å². The molecule has 1 aliphatic rings. The van der Waals surface area contributed by atoms with Crippen molar-refractivity contribution in [3.05, 3.63) is 48.4 Å². The number of aromatic nitrogens is 3. The Labute approximate surface area is 189 Å². The first-order valence-electron chi connectivity index (χ1n) is 9.96. The number of rotatable bonds is 8. The van der Waals surface area contributed by atoms with Gasteiger partial charge in [0.1, 0.15) is 5.76 Å². The minimum Gasteiger partial charge on any atom is -0.467 e. The van der Waals surface area contributed by atoms with E-state index < -0.39 is 21.2 Å². The van der Waals surface area contributed by atoms with Crippen LogP contribution in [-0.2, 0) is 26.1 Å². The summed E-state index contributed by atoms with van der Waals surface area (Å²) in [7, 11) is -3.67. The molecule has 12 heteroatoms. The number of nitrogens with zero attached hydrogens (tertiary/aromatic N) is 4. The quantitative estimate of drug-likeness (QED) is 0.483. The number of carbonyl (C=O) groups is 1. The Kier molecular flexibility index (Phi) is 6.65. The summed E-state index contributed by atoms with van der Waals surface area (Å²) in [5.74, 6) is 0.652. The highest BCUT2D eigenvalue weighted by molar-refractivity contribution is 8.00. The van der Waals surface area contributed by atoms with Crippen LogP contribution in [0.2, 0.25) is 0 Å². The molecule has 1 fully saturated rings. The summed E-state index contributed by atoms with van der Waals surface area (Å²) < 4.78 is 40.1. The summed E-state index contributed by atoms with van der Waals surface area (Å²) in [6.07, 6.45) is 1.56. The van der Waals surface area contributed by atoms with E-state index in [1.165, 1.54) is 16.1 Å². The average Bonchev–Trinajstić information content (AvgIpc) is 3.45. The van der Waals surface area contributed by atoms with E-state index in [0.717, 1.165) is 0 Å². The van der Waals surface area contributed by atoms with Crippen LogP contribution in [-0.4, -0.2) is 64.9 Å². The van der Waals surface area contributed by atoms with E-state index in [9.17, 15) is 13.2 Å². The Balaban J connectivity index is 1.72. The summed E-state index contributed by atoms with van der Waals surface area (Å²) in [4.78, 5) is 11.7. The largest absolute Gasteiger partial charge is 0.467 e. The fourth-order valence-corrected chi connectivity index (χ4v) is 5.49. The highest BCUT2D eigenvalue weighted by Gasteiger charge is 2.27. The molecule has 1 saturated heterocycles. The lowest BCUT2D eigenvalue weighted by atomic mass is 10.2. The normalized spacial score (nSPS) is 16.2. The van der Waals surface area contributed by atoms with Gasteiger partial charge in [-0.1, -0.05) is 23.9 Å². The third-order valence-electron chi connectivity index (χ3n) is 4.99. The molecule has 0 bridgehead atoms. The molecular weight excluding hydrogens is 454 g/mol. The molecule has 3 aromatic rings. The van der Waals surface area contributed by atoms with E-state index in [-0.39, 0.29) is 4.90 Å². The van der Waals surface area contributed by atoms with Crippen molar-refractivity contribution in [3.8, 4) is 11.4 Å². The summed E-state index contributed by atoms with van der Waals surface area (Å²) in [6, 6.07) is 10.2. The first-order valence-corrected chi connectivity index (χ1v) is 12.3. The Morgan fingerprint density at radius 2 is 2.00 bits per heavy atom. The number of benzene rings is 1. The molecule has 1 amide bonds. The van der Waals surface area contributed by atoms with Crippen LogP contribution in [0.15, 0.2) is 57.1 Å². The lowest BCUT2D eigenvalue weighted by molar-refractivity contribution is -0.117. The summed E-state index contributed by atoms with van der Waals surface area (Å²) in [5, 5.41) is 8.47. The number of nitrogens with two attached hydrogens (primary N) is 1. The first-order chi connectivity index (χ1) is 15.4. The molecule has 1 aliphatic heterocycles. The minimum atomic E-state index is -3.67. The number of thioether (sulfide) groups is 1. The van der Waals surface area contributed by atoms with Gasteiger partial charge >= 0.3 is 0 Å². The molecule has 170 valence electrons. The average molecular weight is 478 g/mol. The molecule has 0 aliphatic carbocycles. The van der Waals surface area contributed by atoms with Gasteiger partial charge in [-0.25, -0.2) is 8.42 Å². The fourth-order valence-electron chi connectivity index (χ4n) is 3.24. The van der Waals surface area contributed by atoms with Gasteiger partial charge in [-0.05, 0) is 31.2 Å². The Morgan fingerprint density at radius 1 is 1.22 bits per heavy atom. The zero-order valence-electron chi connectivity index (χ0n) is 17.4. The van der Waals surface area contributed by atoms with Gasteiger partial charge in [0.05, 0.1) is 36.2 Å². The van der Waals surface area contributed by atoms with Gasteiger partial charge in [0, 0.05) is 18.7 Å². The summed E-state index contributed by atoms with van der Waals surface area (Å²) >= 11 is 1.18. The molecule has 1 aromatic carbocycles. The number of primary amides is 1. The number of sulfonamides is 1. The van der Waals surface area contributed by atoms with Crippen LogP contribution in [0.1, 0.15) is 12.7 Å². The fraction of sp³-hybridized carbons (Fsp3) is 0.350. The van der Waals surface area contributed by atoms with Gasteiger partial charge < -0.3 is 14.9 Å². The third-order valence-corrected chi connectivity index (χ3v) is 7.99. The van der Waals surface area contributed by atoms with Gasteiger partial charge in [-0.3, -0.25) is 9.36 Å². The zero-order valence-corrected chi connectivity index (χ0v) is 19.0. The van der Waals surface area contributed by atoms with E-state index >= 15 is 0 Å². The van der Waals surface area contributed by atoms with Crippen molar-refractivity contribution < 1.29 is 22.4 Å². The van der Waals surface area contributed by atoms with Crippen molar-refractivity contribution in [2.75, 3.05) is 26.3 Å². The van der Waals surface area contributed by atoms with E-state index in [4.69, 9.17) is 14.9 Å². The topological polar surface area (TPSA) is 134 Å². The number of furan rings is 1. The molecule has 0 spiro atoms. The maximum absolute atomic E-state index is 13.1. The molecule has 1 atom stereocenters. The predicted octanol–water partition coefficient (Wildman–Crippen LogP) is 1.57. The number of carbonyl (C=O) groups excluding carboxylic acids is 1. The molecule has 2 N–H and O–H groups in total. The van der Waals surface area contributed by atoms with Crippen LogP contribution in [0.4, 0.5) is 0 Å². The molecule has 2 aromatic heterocycles. The van der Waals surface area contributed by atoms with Gasteiger partial charge in [0.2, 0.25) is 15.9 Å². The maximum Gasteiger partial charge on any atom is 0.243 e. The van der Waals surface area contributed by atoms with Gasteiger partial charge in [0.25, 0.3) is 0 Å². The summed E-state index contributed by atoms with van der Waals surface area (Å²) in [6.45, 7) is 3.36. The van der Waals surface area contributed by atoms with Gasteiger partial charge in [0.15, 0.2) is 11.0 Å². The maximum atomic E-state index is 13.1. The molecule has 10 nitrogen and oxygen atoms in total. The van der Waals surface area contributed by atoms with Crippen LogP contribution in [0.25, 0.3) is 11.4 Å². The number of morpholine rings is 1. The smallest absolute Gasteiger partial charge is 0.243 e. The third kappa shape index (κ3) is 4.72. The molecule has 4 rings (SSSR count). The van der Waals surface area contributed by atoms with Crippen molar-refractivity contribution in [1.82, 2.24) is 19.1 Å². The van der Waals surface area contributed by atoms with E-state index in [2.05, 4.69) is 10.2 Å². The lowest BCUT2D eigenvalue weighted by Gasteiger charge is -2.26. The highest BCUT2D eigenvalue weighted by Crippen LogP contribution is 2.29. The number of hydrogen-bond donors (Lipinski definition) is 1. The van der Waals surface area contributed by atoms with Crippen molar-refractivity contribution in [3.63, 3.8) is 0 Å². The Morgan fingerprint density at radius 3 is 2.69 bits per heavy atom. The minimum absolute atomic E-state index is 0.171. The zero-order chi connectivity index (χ0) is 22.7. The van der Waals surface area contributed by atoms with Crippen LogP contribution < -0.4 is 5.73 Å². The van der Waals surface area contributed by atoms with Gasteiger partial charge in [-0.2, -0.15) is 4.31 Å². The number of hydrogen-bond acceptors (Lipinski definition) is 8. The van der Waals surface area contributed by atoms with Crippen LogP contribution in [0.3, 0.4) is 0 Å². The highest BCUT2D eigenvalue weighted by atomic mass is 32.2. The molecule has 3 heterocycles. The second kappa shape index (κ2) is 9.45. The SMILES string of the molecule is C[C@H](Sc1nnc(-c2cccc(S(=O)(=O)N3CCOCC3)c2)n1Cc1ccco1)C(N)=O.